The summed E-state index contributed by atoms with van der Waals surface area (Å²) >= 11 is 0. The average molecular weight is 288 g/mol. The molecular weight excluding hydrogens is 272 g/mol. The van der Waals surface area contributed by atoms with Crippen LogP contribution in [0.5, 0.6) is 5.75 Å². The van der Waals surface area contributed by atoms with Crippen molar-refractivity contribution in [1.29, 1.82) is 0 Å². The van der Waals surface area contributed by atoms with E-state index < -0.39 is 5.97 Å². The van der Waals surface area contributed by atoms with E-state index >= 15 is 0 Å². The first kappa shape index (κ1) is 13.6. The summed E-state index contributed by atoms with van der Waals surface area (Å²) < 4.78 is 15.8. The van der Waals surface area contributed by atoms with Gasteiger partial charge in [-0.2, -0.15) is 0 Å². The fraction of sp³-hybridized carbons (Fsp3) is 0.400. The van der Waals surface area contributed by atoms with E-state index in [0.29, 0.717) is 11.4 Å². The molecule has 0 N–H and O–H groups in total. The molecule has 6 heteroatoms. The van der Waals surface area contributed by atoms with Crippen LogP contribution in [-0.4, -0.2) is 29.3 Å². The maximum atomic E-state index is 12.0. The number of aryl methyl sites for hydroxylation is 1. The van der Waals surface area contributed by atoms with Gasteiger partial charge in [-0.1, -0.05) is 5.16 Å². The lowest BCUT2D eigenvalue weighted by molar-refractivity contribution is 0.0437. The number of carbonyl (C=O) groups is 1. The predicted octanol–water partition coefficient (Wildman–Crippen LogP) is 2.18. The predicted molar refractivity (Wildman–Crippen MR) is 73.2 cm³/mol. The Kier molecular flexibility index (Phi) is 4.14. The lowest BCUT2D eigenvalue weighted by atomic mass is 9.96. The molecule has 0 saturated carbocycles. The highest BCUT2D eigenvalue weighted by Gasteiger charge is 2.24. The minimum atomic E-state index is -0.448. The third kappa shape index (κ3) is 3.21. The topological polar surface area (TPSA) is 74.5 Å². The van der Waals surface area contributed by atoms with Crippen molar-refractivity contribution in [3.63, 3.8) is 0 Å². The van der Waals surface area contributed by atoms with Crippen LogP contribution in [0.4, 0.5) is 0 Å². The van der Waals surface area contributed by atoms with E-state index in [9.17, 15) is 4.79 Å². The Balaban J connectivity index is 1.49. The van der Waals surface area contributed by atoms with Crippen LogP contribution in [0.2, 0.25) is 0 Å². The molecule has 1 aliphatic rings. The van der Waals surface area contributed by atoms with Crippen LogP contribution >= 0.6 is 0 Å². The van der Waals surface area contributed by atoms with Crippen molar-refractivity contribution in [1.82, 2.24) is 10.1 Å². The minimum Gasteiger partial charge on any atom is -0.488 e. The van der Waals surface area contributed by atoms with Crippen molar-refractivity contribution in [2.45, 2.75) is 25.7 Å². The number of pyridine rings is 1. The van der Waals surface area contributed by atoms with Crippen molar-refractivity contribution in [2.75, 3.05) is 13.2 Å². The Hall–Kier alpha value is -2.37. The number of rotatable bonds is 5. The smallest absolute Gasteiger partial charge is 0.360 e. The second-order valence-electron chi connectivity index (χ2n) is 4.81. The van der Waals surface area contributed by atoms with E-state index in [1.807, 2.05) is 0 Å². The number of fused-ring (bicyclic) bond motifs is 1. The Morgan fingerprint density at radius 1 is 1.29 bits per heavy atom. The van der Waals surface area contributed by atoms with E-state index in [1.54, 1.807) is 24.5 Å². The highest BCUT2D eigenvalue weighted by Crippen LogP contribution is 2.24. The van der Waals surface area contributed by atoms with Gasteiger partial charge >= 0.3 is 5.97 Å². The van der Waals surface area contributed by atoms with Crippen LogP contribution < -0.4 is 4.74 Å². The highest BCUT2D eigenvalue weighted by atomic mass is 16.6. The average Bonchev–Trinajstić information content (AvgIpc) is 2.96. The van der Waals surface area contributed by atoms with Gasteiger partial charge in [0.25, 0.3) is 0 Å². The number of hydrogen-bond acceptors (Lipinski definition) is 6. The van der Waals surface area contributed by atoms with Crippen molar-refractivity contribution < 1.29 is 18.8 Å². The fourth-order valence-electron chi connectivity index (χ4n) is 2.34. The molecule has 0 radical (unpaired) electrons. The number of aromatic nitrogens is 2. The highest BCUT2D eigenvalue weighted by molar-refractivity contribution is 5.89. The molecule has 0 aromatic carbocycles. The lowest BCUT2D eigenvalue weighted by Crippen LogP contribution is -2.15. The van der Waals surface area contributed by atoms with Crippen LogP contribution in [-0.2, 0) is 17.6 Å². The number of ether oxygens (including phenoxy) is 2. The molecule has 110 valence electrons. The Morgan fingerprint density at radius 2 is 2.19 bits per heavy atom. The summed E-state index contributed by atoms with van der Waals surface area (Å²) in [6.45, 7) is 0.437. The normalized spacial score (nSPS) is 13.5. The molecule has 21 heavy (non-hydrogen) atoms. The van der Waals surface area contributed by atoms with Crippen LogP contribution in [0, 0.1) is 0 Å². The van der Waals surface area contributed by atoms with Crippen molar-refractivity contribution >= 4 is 5.97 Å². The molecule has 6 nitrogen and oxygen atoms in total. The molecule has 0 amide bonds. The van der Waals surface area contributed by atoms with Gasteiger partial charge in [-0.05, 0) is 31.4 Å². The second kappa shape index (κ2) is 6.39. The van der Waals surface area contributed by atoms with E-state index in [2.05, 4.69) is 10.1 Å². The number of carbonyl (C=O) groups excluding carboxylic acids is 1. The number of esters is 1. The minimum absolute atomic E-state index is 0.162. The Labute approximate surface area is 122 Å². The lowest BCUT2D eigenvalue weighted by Gasteiger charge is -2.09. The molecule has 3 rings (SSSR count). The molecular formula is C15H16N2O4. The first-order valence-corrected chi connectivity index (χ1v) is 7.02. The van der Waals surface area contributed by atoms with Gasteiger partial charge in [0.1, 0.15) is 24.7 Å². The van der Waals surface area contributed by atoms with E-state index in [-0.39, 0.29) is 13.2 Å². The van der Waals surface area contributed by atoms with Crippen LogP contribution in [0.25, 0.3) is 0 Å². The Bertz CT molecular complexity index is 609. The van der Waals surface area contributed by atoms with Crippen LogP contribution in [0.15, 0.2) is 29.0 Å². The molecule has 2 aromatic heterocycles. The third-order valence-electron chi connectivity index (χ3n) is 3.36. The molecule has 1 aliphatic carbocycles. The molecule has 0 atom stereocenters. The zero-order chi connectivity index (χ0) is 14.5. The number of nitrogens with zero attached hydrogens (tertiary/aromatic N) is 2. The zero-order valence-electron chi connectivity index (χ0n) is 11.6. The fourth-order valence-corrected chi connectivity index (χ4v) is 2.34. The largest absolute Gasteiger partial charge is 0.488 e. The molecule has 2 aromatic rings. The molecule has 2 heterocycles. The summed E-state index contributed by atoms with van der Waals surface area (Å²) in [6.07, 6.45) is 7.08. The van der Waals surface area contributed by atoms with E-state index in [0.717, 1.165) is 37.0 Å². The summed E-state index contributed by atoms with van der Waals surface area (Å²) in [4.78, 5) is 15.9. The maximum absolute atomic E-state index is 12.0. The molecule has 0 saturated heterocycles. The quantitative estimate of drug-likeness (QED) is 0.620. The van der Waals surface area contributed by atoms with Crippen LogP contribution in [0.3, 0.4) is 0 Å². The van der Waals surface area contributed by atoms with Gasteiger partial charge in [0.2, 0.25) is 0 Å². The summed E-state index contributed by atoms with van der Waals surface area (Å²) in [5.41, 5.74) is 1.21. The van der Waals surface area contributed by atoms with Gasteiger partial charge in [0, 0.05) is 18.2 Å². The van der Waals surface area contributed by atoms with E-state index in [1.165, 1.54) is 0 Å². The van der Waals surface area contributed by atoms with E-state index in [4.69, 9.17) is 14.0 Å². The summed E-state index contributed by atoms with van der Waals surface area (Å²) in [7, 11) is 0. The first-order chi connectivity index (χ1) is 10.3. The maximum Gasteiger partial charge on any atom is 0.360 e. The first-order valence-electron chi connectivity index (χ1n) is 7.02. The summed E-state index contributed by atoms with van der Waals surface area (Å²) in [5.74, 6) is 1.02. The zero-order valence-corrected chi connectivity index (χ0v) is 11.6. The second-order valence-corrected chi connectivity index (χ2v) is 4.81. The number of hydrogen-bond donors (Lipinski definition) is 0. The Morgan fingerprint density at radius 3 is 3.05 bits per heavy atom. The molecule has 0 bridgehead atoms. The van der Waals surface area contributed by atoms with Gasteiger partial charge in [-0.3, -0.25) is 4.98 Å². The third-order valence-corrected chi connectivity index (χ3v) is 3.36. The van der Waals surface area contributed by atoms with Crippen LogP contribution in [0.1, 0.15) is 34.7 Å². The molecule has 0 fully saturated rings. The standard InChI is InChI=1S/C15H16N2O4/c18-15(14-12-5-1-2-6-13(12)21-17-14)20-9-8-19-11-4-3-7-16-10-11/h3-4,7,10H,1-2,5-6,8-9H2. The van der Waals surface area contributed by atoms with Gasteiger partial charge in [-0.15, -0.1) is 0 Å². The van der Waals surface area contributed by atoms with Gasteiger partial charge in [-0.25, -0.2) is 4.79 Å². The summed E-state index contributed by atoms with van der Waals surface area (Å²) in [6, 6.07) is 3.58. The molecule has 0 aliphatic heterocycles. The van der Waals surface area contributed by atoms with Gasteiger partial charge in [0.05, 0.1) is 6.20 Å². The van der Waals surface area contributed by atoms with Gasteiger partial charge < -0.3 is 14.0 Å². The molecule has 0 spiro atoms. The monoisotopic (exact) mass is 288 g/mol. The van der Waals surface area contributed by atoms with Crippen molar-refractivity contribution in [3.8, 4) is 5.75 Å². The summed E-state index contributed by atoms with van der Waals surface area (Å²) in [5, 5.41) is 3.83. The molecule has 0 unspecified atom stereocenters. The van der Waals surface area contributed by atoms with Gasteiger partial charge in [0.15, 0.2) is 5.69 Å². The van der Waals surface area contributed by atoms with Crippen molar-refractivity contribution in [3.05, 3.63) is 41.5 Å². The SMILES string of the molecule is O=C(OCCOc1cccnc1)c1noc2c1CCCC2. The van der Waals surface area contributed by atoms with Crippen molar-refractivity contribution in [2.24, 2.45) is 0 Å².